The molecule has 2 aromatic heterocycles. The Morgan fingerprint density at radius 1 is 0.978 bits per heavy atom. The van der Waals surface area contributed by atoms with Crippen LogP contribution < -0.4 is 20.7 Å². The second-order valence-electron chi connectivity index (χ2n) is 13.1. The van der Waals surface area contributed by atoms with Gasteiger partial charge in [0.1, 0.15) is 5.82 Å². The Labute approximate surface area is 267 Å². The molecule has 2 N–H and O–H groups in total. The minimum absolute atomic E-state index is 0.158. The van der Waals surface area contributed by atoms with Crippen LogP contribution in [0.5, 0.6) is 0 Å². The van der Waals surface area contributed by atoms with Crippen LogP contribution in [0.2, 0.25) is 0 Å². The van der Waals surface area contributed by atoms with Crippen molar-refractivity contribution < 1.29 is 4.79 Å². The van der Waals surface area contributed by atoms with E-state index in [1.807, 2.05) is 45.3 Å². The molecule has 10 heteroatoms. The smallest absolute Gasteiger partial charge is 0.253 e. The molecule has 1 amide bonds. The number of H-pyrrole nitrogens is 1. The average Bonchev–Trinajstić information content (AvgIpc) is 3.02. The number of anilines is 2. The number of nitrogens with one attached hydrogen (secondary N) is 2. The number of hydrogen-bond donors (Lipinski definition) is 2. The van der Waals surface area contributed by atoms with Crippen molar-refractivity contribution in [2.75, 3.05) is 63.7 Å². The van der Waals surface area contributed by atoms with Gasteiger partial charge in [-0.1, -0.05) is 0 Å². The summed E-state index contributed by atoms with van der Waals surface area (Å²) in [5.74, 6) is 0.674. The summed E-state index contributed by atoms with van der Waals surface area (Å²) in [7, 11) is 6.48. The molecule has 2 fully saturated rings. The van der Waals surface area contributed by atoms with Gasteiger partial charge in [-0.05, 0) is 104 Å². The van der Waals surface area contributed by atoms with Crippen molar-refractivity contribution in [1.29, 1.82) is 0 Å². The molecule has 0 unspecified atom stereocenters. The third-order valence-corrected chi connectivity index (χ3v) is 9.79. The van der Waals surface area contributed by atoms with Gasteiger partial charge in [0.2, 0.25) is 0 Å². The van der Waals surface area contributed by atoms with E-state index < -0.39 is 0 Å². The van der Waals surface area contributed by atoms with Gasteiger partial charge < -0.3 is 29.9 Å². The summed E-state index contributed by atoms with van der Waals surface area (Å²) in [5, 5.41) is 3.04. The third-order valence-electron chi connectivity index (χ3n) is 9.79. The number of nitrogens with zero attached hydrogens (tertiary/aromatic N) is 6. The van der Waals surface area contributed by atoms with Gasteiger partial charge in [0.25, 0.3) is 11.5 Å². The van der Waals surface area contributed by atoms with Crippen molar-refractivity contribution in [3.8, 4) is 11.3 Å². The van der Waals surface area contributed by atoms with Crippen molar-refractivity contribution in [1.82, 2.24) is 30.1 Å². The van der Waals surface area contributed by atoms with E-state index in [-0.39, 0.29) is 18.0 Å². The fraction of sp³-hybridized carbons (Fsp3) is 0.543. The van der Waals surface area contributed by atoms with E-state index in [0.717, 1.165) is 98.0 Å². The molecule has 0 radical (unpaired) electrons. The molecule has 0 atom stereocenters. The van der Waals surface area contributed by atoms with Gasteiger partial charge in [0.05, 0.1) is 18.1 Å². The van der Waals surface area contributed by atoms with Gasteiger partial charge in [-0.15, -0.1) is 0 Å². The Morgan fingerprint density at radius 2 is 1.67 bits per heavy atom. The summed E-state index contributed by atoms with van der Waals surface area (Å²) in [6, 6.07) is 7.05. The first-order valence-corrected chi connectivity index (χ1v) is 16.4. The summed E-state index contributed by atoms with van der Waals surface area (Å²) in [6.07, 6.45) is 8.21. The molecule has 1 saturated carbocycles. The summed E-state index contributed by atoms with van der Waals surface area (Å²) >= 11 is 0. The summed E-state index contributed by atoms with van der Waals surface area (Å²) < 4.78 is 0. The summed E-state index contributed by atoms with van der Waals surface area (Å²) in [4.78, 5) is 48.4. The van der Waals surface area contributed by atoms with Crippen LogP contribution >= 0.6 is 0 Å². The third kappa shape index (κ3) is 7.39. The van der Waals surface area contributed by atoms with E-state index in [1.165, 1.54) is 0 Å². The quantitative estimate of drug-likeness (QED) is 0.371. The number of aryl methyl sites for hydroxylation is 2. The normalized spacial score (nSPS) is 19.2. The molecular formula is C35H50N8O2. The molecule has 3 heterocycles. The minimum Gasteiger partial charge on any atom is -0.369 e. The van der Waals surface area contributed by atoms with E-state index in [4.69, 9.17) is 9.97 Å². The number of hydrogen-bond acceptors (Lipinski definition) is 8. The lowest BCUT2D eigenvalue weighted by Gasteiger charge is -2.40. The molecule has 0 spiro atoms. The largest absolute Gasteiger partial charge is 0.369 e. The monoisotopic (exact) mass is 614 g/mol. The molecule has 10 nitrogen and oxygen atoms in total. The van der Waals surface area contributed by atoms with Crippen molar-refractivity contribution in [3.63, 3.8) is 0 Å². The predicted molar refractivity (Wildman–Crippen MR) is 182 cm³/mol. The molecule has 5 rings (SSSR count). The van der Waals surface area contributed by atoms with Crippen molar-refractivity contribution in [3.05, 3.63) is 68.9 Å². The van der Waals surface area contributed by atoms with Crippen molar-refractivity contribution >= 4 is 17.4 Å². The Morgan fingerprint density at radius 3 is 2.27 bits per heavy atom. The zero-order valence-electron chi connectivity index (χ0n) is 28.1. The van der Waals surface area contributed by atoms with Crippen LogP contribution in [0.25, 0.3) is 11.3 Å². The number of amides is 1. The number of rotatable bonds is 9. The number of aromatic nitrogens is 3. The van der Waals surface area contributed by atoms with E-state index in [9.17, 15) is 9.59 Å². The van der Waals surface area contributed by atoms with Crippen LogP contribution in [-0.4, -0.2) is 96.6 Å². The van der Waals surface area contributed by atoms with E-state index in [2.05, 4.69) is 64.0 Å². The van der Waals surface area contributed by atoms with Gasteiger partial charge in [-0.3, -0.25) is 14.6 Å². The average molecular weight is 615 g/mol. The Bertz CT molecular complexity index is 1530. The van der Waals surface area contributed by atoms with Crippen LogP contribution in [0.4, 0.5) is 11.5 Å². The van der Waals surface area contributed by atoms with Gasteiger partial charge >= 0.3 is 0 Å². The first-order chi connectivity index (χ1) is 21.5. The molecule has 1 aromatic carbocycles. The molecule has 3 aromatic rings. The lowest BCUT2D eigenvalue weighted by molar-refractivity contribution is 0.0950. The summed E-state index contributed by atoms with van der Waals surface area (Å²) in [5.41, 5.74) is 6.26. The maximum Gasteiger partial charge on any atom is 0.253 e. The van der Waals surface area contributed by atoms with Crippen molar-refractivity contribution in [2.45, 2.75) is 72.0 Å². The highest BCUT2D eigenvalue weighted by atomic mass is 16.1. The Kier molecular flexibility index (Phi) is 10.2. The van der Waals surface area contributed by atoms with Gasteiger partial charge in [0.15, 0.2) is 0 Å². The lowest BCUT2D eigenvalue weighted by Crippen LogP contribution is -2.44. The second-order valence-corrected chi connectivity index (χ2v) is 13.1. The van der Waals surface area contributed by atoms with Crippen LogP contribution in [0.1, 0.15) is 65.3 Å². The molecule has 2 aliphatic rings. The van der Waals surface area contributed by atoms with Crippen LogP contribution in [0.3, 0.4) is 0 Å². The van der Waals surface area contributed by atoms with Gasteiger partial charge in [-0.2, -0.15) is 0 Å². The highest BCUT2D eigenvalue weighted by molar-refractivity contribution is 5.98. The number of piperazine rings is 1. The van der Waals surface area contributed by atoms with Crippen molar-refractivity contribution in [2.24, 2.45) is 0 Å². The molecule has 1 aliphatic carbocycles. The Balaban J connectivity index is 1.48. The maximum atomic E-state index is 13.9. The molecule has 0 bridgehead atoms. The predicted octanol–water partition coefficient (Wildman–Crippen LogP) is 4.14. The molecular weight excluding hydrogens is 564 g/mol. The van der Waals surface area contributed by atoms with E-state index >= 15 is 0 Å². The minimum atomic E-state index is -0.204. The standard InChI is InChI=1S/C35H50N8O2/c1-8-43(28-11-9-27(10-12-28)40(5)6)32-19-26(31-21-37-33(22-36-31)42-15-13-41(7)14-16-42)18-29(25(32)4)34(44)38-20-30-23(2)17-24(3)39-35(30)45/h17-19,21-22,27-28H,8-16,20H2,1-7H3,(H,38,44)(H,39,45)/t27-,28-. The first kappa shape index (κ1) is 32.6. The fourth-order valence-electron chi connectivity index (χ4n) is 6.93. The lowest BCUT2D eigenvalue weighted by atomic mass is 9.88. The van der Waals surface area contributed by atoms with Crippen LogP contribution in [0.15, 0.2) is 35.4 Å². The number of carbonyl (C=O) groups is 1. The molecule has 45 heavy (non-hydrogen) atoms. The van der Waals surface area contributed by atoms with Crippen LogP contribution in [0, 0.1) is 20.8 Å². The Hall–Kier alpha value is -3.76. The molecule has 1 saturated heterocycles. The SMILES string of the molecule is CCN(c1cc(-c2cnc(N3CCN(C)CC3)cn2)cc(C(=O)NCc2c(C)cc(C)[nH]c2=O)c1C)[C@H]1CC[C@H](N(C)C)CC1. The molecule has 242 valence electrons. The van der Waals surface area contributed by atoms with Gasteiger partial charge in [0, 0.05) is 79.4 Å². The molecule has 1 aliphatic heterocycles. The van der Waals surface area contributed by atoms with Gasteiger partial charge in [-0.25, -0.2) is 4.98 Å². The van der Waals surface area contributed by atoms with E-state index in [0.29, 0.717) is 23.2 Å². The van der Waals surface area contributed by atoms with Crippen LogP contribution in [-0.2, 0) is 6.54 Å². The number of benzene rings is 1. The number of carbonyl (C=O) groups excluding carboxylic acids is 1. The highest BCUT2D eigenvalue weighted by Gasteiger charge is 2.29. The first-order valence-electron chi connectivity index (χ1n) is 16.4. The maximum absolute atomic E-state index is 13.9. The topological polar surface area (TPSA) is 101 Å². The summed E-state index contributed by atoms with van der Waals surface area (Å²) in [6.45, 7) is 12.8. The zero-order chi connectivity index (χ0) is 32.2. The number of aromatic amines is 1. The fourth-order valence-corrected chi connectivity index (χ4v) is 6.93. The number of likely N-dealkylation sites (N-methyl/N-ethyl adjacent to an activating group) is 1. The highest BCUT2D eigenvalue weighted by Crippen LogP contribution is 2.35. The second kappa shape index (κ2) is 14.1. The number of pyridine rings is 1. The van der Waals surface area contributed by atoms with E-state index in [1.54, 1.807) is 0 Å². The zero-order valence-corrected chi connectivity index (χ0v) is 28.1.